The van der Waals surface area contributed by atoms with Crippen molar-refractivity contribution in [3.05, 3.63) is 47.9 Å². The lowest BCUT2D eigenvalue weighted by Crippen LogP contribution is -2.23. The van der Waals surface area contributed by atoms with Gasteiger partial charge >= 0.3 is 0 Å². The first-order chi connectivity index (χ1) is 16.0. The van der Waals surface area contributed by atoms with Crippen LogP contribution in [0.25, 0.3) is 11.3 Å². The Morgan fingerprint density at radius 3 is 2.70 bits per heavy atom. The lowest BCUT2D eigenvalue weighted by molar-refractivity contribution is -0.122. The first-order valence-electron chi connectivity index (χ1n) is 9.93. The molecule has 10 nitrogen and oxygen atoms in total. The smallest absolute Gasteiger partial charge is 0.290 e. The third-order valence-corrected chi connectivity index (χ3v) is 5.01. The van der Waals surface area contributed by atoms with E-state index in [0.717, 1.165) is 25.3 Å². The summed E-state index contributed by atoms with van der Waals surface area (Å²) in [5, 5.41) is 28.6. The summed E-state index contributed by atoms with van der Waals surface area (Å²) in [5.41, 5.74) is 0.419. The van der Waals surface area contributed by atoms with Gasteiger partial charge < -0.3 is 20.5 Å². The van der Waals surface area contributed by atoms with E-state index in [-0.39, 0.29) is 35.3 Å². The fourth-order valence-corrected chi connectivity index (χ4v) is 3.47. The molecular weight excluding hydrogens is 436 g/mol. The van der Waals surface area contributed by atoms with Crippen molar-refractivity contribution in [1.82, 2.24) is 25.5 Å². The summed E-state index contributed by atoms with van der Waals surface area (Å²) in [6, 6.07) is 6.24. The van der Waals surface area contributed by atoms with Gasteiger partial charge in [0.15, 0.2) is 23.1 Å². The van der Waals surface area contributed by atoms with Crippen molar-refractivity contribution in [3.8, 4) is 23.1 Å². The van der Waals surface area contributed by atoms with E-state index in [0.29, 0.717) is 17.7 Å². The van der Waals surface area contributed by atoms with E-state index in [1.54, 1.807) is 0 Å². The summed E-state index contributed by atoms with van der Waals surface area (Å²) in [6.07, 6.45) is 5.19. The minimum atomic E-state index is -1.01. The predicted molar refractivity (Wildman–Crippen MR) is 114 cm³/mol. The molecule has 0 saturated heterocycles. The van der Waals surface area contributed by atoms with E-state index in [2.05, 4.69) is 30.8 Å². The summed E-state index contributed by atoms with van der Waals surface area (Å²) in [4.78, 5) is 16.3. The lowest BCUT2D eigenvalue weighted by Gasteiger charge is -2.17. The van der Waals surface area contributed by atoms with Crippen LogP contribution in [0.5, 0.6) is 5.75 Å². The van der Waals surface area contributed by atoms with Gasteiger partial charge in [0.2, 0.25) is 0 Å². The standard InChI is InChI=1S/C20H19F2N7O.CH2O2/c1-24-11-2-3-13(6-11)30-16-5-4-14(21)20(22)19(16)15-7-17(29-28-15)27-18-10-25-12(8-23)9-26-18;2-1-3/h4-5,7,9-11,13,24H,2-3,6H2,1H3,(H2,26,27,28,29);1H,(H,2,3)/t11-,13-;/m1./s1. The van der Waals surface area contributed by atoms with E-state index < -0.39 is 11.6 Å². The molecule has 0 unspecified atom stereocenters. The Hall–Kier alpha value is -4.11. The van der Waals surface area contributed by atoms with Crippen LogP contribution in [0.1, 0.15) is 25.0 Å². The number of H-pyrrole nitrogens is 1. The largest absolute Gasteiger partial charge is 0.490 e. The average molecular weight is 457 g/mol. The summed E-state index contributed by atoms with van der Waals surface area (Å²) >= 11 is 0. The Balaban J connectivity index is 0.000000968. The average Bonchev–Trinajstić information content (AvgIpc) is 3.47. The SMILES string of the molecule is CN[C@@H]1CC[C@@H](Oc2ccc(F)c(F)c2-c2cc(Nc3cnc(C#N)cn3)n[nH]2)C1.O=CO. The van der Waals surface area contributed by atoms with Gasteiger partial charge in [0, 0.05) is 12.1 Å². The van der Waals surface area contributed by atoms with Gasteiger partial charge in [0.25, 0.3) is 6.47 Å². The summed E-state index contributed by atoms with van der Waals surface area (Å²) in [5.74, 6) is -1.05. The Labute approximate surface area is 187 Å². The zero-order chi connectivity index (χ0) is 23.8. The number of nitriles is 1. The van der Waals surface area contributed by atoms with Gasteiger partial charge in [-0.3, -0.25) is 9.89 Å². The lowest BCUT2D eigenvalue weighted by atomic mass is 10.1. The van der Waals surface area contributed by atoms with Crippen molar-refractivity contribution in [2.75, 3.05) is 12.4 Å². The molecule has 3 aromatic rings. The van der Waals surface area contributed by atoms with Crippen LogP contribution in [0.4, 0.5) is 20.4 Å². The maximum Gasteiger partial charge on any atom is 0.290 e. The first-order valence-corrected chi connectivity index (χ1v) is 9.93. The second kappa shape index (κ2) is 11.0. The van der Waals surface area contributed by atoms with Gasteiger partial charge in [-0.1, -0.05) is 0 Å². The number of hydrogen-bond acceptors (Lipinski definition) is 8. The third kappa shape index (κ3) is 5.78. The van der Waals surface area contributed by atoms with Gasteiger partial charge in [-0.05, 0) is 38.4 Å². The second-order valence-electron chi connectivity index (χ2n) is 7.07. The van der Waals surface area contributed by atoms with E-state index >= 15 is 0 Å². The van der Waals surface area contributed by atoms with E-state index in [4.69, 9.17) is 19.9 Å². The Morgan fingerprint density at radius 2 is 2.06 bits per heavy atom. The van der Waals surface area contributed by atoms with Crippen molar-refractivity contribution in [2.24, 2.45) is 0 Å². The normalized spacial score (nSPS) is 16.9. The summed E-state index contributed by atoms with van der Waals surface area (Å²) in [6.45, 7) is -0.250. The molecule has 0 amide bonds. The van der Waals surface area contributed by atoms with E-state index in [1.165, 1.54) is 24.5 Å². The number of nitrogens with one attached hydrogen (secondary N) is 3. The molecule has 4 rings (SSSR count). The molecule has 172 valence electrons. The number of hydrogen-bond donors (Lipinski definition) is 4. The topological polar surface area (TPSA) is 149 Å². The molecule has 1 aliphatic carbocycles. The fourth-order valence-electron chi connectivity index (χ4n) is 3.47. The molecule has 2 atom stereocenters. The molecule has 12 heteroatoms. The van der Waals surface area contributed by atoms with Crippen LogP contribution in [0, 0.1) is 23.0 Å². The van der Waals surface area contributed by atoms with E-state index in [1.807, 2.05) is 13.1 Å². The van der Waals surface area contributed by atoms with Crippen LogP contribution in [-0.2, 0) is 4.79 Å². The molecular formula is C21H21F2N7O3. The van der Waals surface area contributed by atoms with Crippen LogP contribution in [0.2, 0.25) is 0 Å². The zero-order valence-electron chi connectivity index (χ0n) is 17.5. The highest BCUT2D eigenvalue weighted by Crippen LogP contribution is 2.36. The Bertz CT molecular complexity index is 1130. The number of halogens is 2. The first kappa shape index (κ1) is 23.6. The van der Waals surface area contributed by atoms with Gasteiger partial charge in [0.1, 0.15) is 23.7 Å². The van der Waals surface area contributed by atoms with Crippen LogP contribution in [-0.4, -0.2) is 50.9 Å². The fraction of sp³-hybridized carbons (Fsp3) is 0.286. The number of carbonyl (C=O) groups is 1. The number of aromatic nitrogens is 4. The van der Waals surface area contributed by atoms with Gasteiger partial charge in [0.05, 0.1) is 23.7 Å². The monoisotopic (exact) mass is 457 g/mol. The highest BCUT2D eigenvalue weighted by atomic mass is 19.2. The van der Waals surface area contributed by atoms with E-state index in [9.17, 15) is 8.78 Å². The molecule has 33 heavy (non-hydrogen) atoms. The summed E-state index contributed by atoms with van der Waals surface area (Å²) in [7, 11) is 1.90. The number of rotatable bonds is 6. The van der Waals surface area contributed by atoms with Crippen molar-refractivity contribution in [1.29, 1.82) is 5.26 Å². The van der Waals surface area contributed by atoms with Crippen LogP contribution in [0.3, 0.4) is 0 Å². The quantitative estimate of drug-likeness (QED) is 0.410. The molecule has 0 aliphatic heterocycles. The number of anilines is 2. The maximum absolute atomic E-state index is 14.7. The van der Waals surface area contributed by atoms with Crippen molar-refractivity contribution in [2.45, 2.75) is 31.4 Å². The highest BCUT2D eigenvalue weighted by Gasteiger charge is 2.27. The highest BCUT2D eigenvalue weighted by molar-refractivity contribution is 5.71. The van der Waals surface area contributed by atoms with Gasteiger partial charge in [-0.2, -0.15) is 10.4 Å². The van der Waals surface area contributed by atoms with Gasteiger partial charge in [-0.25, -0.2) is 18.7 Å². The molecule has 0 spiro atoms. The van der Waals surface area contributed by atoms with Crippen LogP contribution in [0.15, 0.2) is 30.6 Å². The molecule has 4 N–H and O–H groups in total. The minimum absolute atomic E-state index is 0.0191. The van der Waals surface area contributed by atoms with Gasteiger partial charge in [-0.15, -0.1) is 0 Å². The number of nitrogens with zero attached hydrogens (tertiary/aromatic N) is 4. The van der Waals surface area contributed by atoms with Crippen molar-refractivity contribution in [3.63, 3.8) is 0 Å². The molecule has 0 radical (unpaired) electrons. The number of ether oxygens (including phenoxy) is 1. The Kier molecular flexibility index (Phi) is 7.82. The second-order valence-corrected chi connectivity index (χ2v) is 7.07. The third-order valence-electron chi connectivity index (χ3n) is 5.01. The minimum Gasteiger partial charge on any atom is -0.490 e. The predicted octanol–water partition coefficient (Wildman–Crippen LogP) is 2.98. The molecule has 0 bridgehead atoms. The molecule has 1 fully saturated rings. The number of benzene rings is 1. The van der Waals surface area contributed by atoms with Crippen molar-refractivity contribution >= 4 is 18.1 Å². The molecule has 1 aromatic carbocycles. The molecule has 2 heterocycles. The molecule has 1 saturated carbocycles. The maximum atomic E-state index is 14.7. The molecule has 1 aliphatic rings. The summed E-state index contributed by atoms with van der Waals surface area (Å²) < 4.78 is 34.7. The Morgan fingerprint density at radius 1 is 1.27 bits per heavy atom. The number of carboxylic acid groups (broad SMARTS) is 1. The molecule has 2 aromatic heterocycles. The van der Waals surface area contributed by atoms with Crippen molar-refractivity contribution < 1.29 is 23.4 Å². The van der Waals surface area contributed by atoms with Crippen LogP contribution < -0.4 is 15.4 Å². The zero-order valence-corrected chi connectivity index (χ0v) is 17.5. The number of aromatic amines is 1. The van der Waals surface area contributed by atoms with Crippen LogP contribution >= 0.6 is 0 Å².